The van der Waals surface area contributed by atoms with Crippen molar-refractivity contribution in [2.24, 2.45) is 7.05 Å². The Labute approximate surface area is 209 Å². The molecule has 0 radical (unpaired) electrons. The van der Waals surface area contributed by atoms with E-state index in [-0.39, 0.29) is 12.2 Å². The summed E-state index contributed by atoms with van der Waals surface area (Å²) < 4.78 is 46.6. The van der Waals surface area contributed by atoms with Crippen LogP contribution in [0.4, 0.5) is 4.39 Å². The third-order valence-electron chi connectivity index (χ3n) is 7.84. The molecule has 0 spiro atoms. The highest BCUT2D eigenvalue weighted by Gasteiger charge is 2.54. The highest BCUT2D eigenvalue weighted by molar-refractivity contribution is 5.98. The number of aromatic nitrogens is 1. The summed E-state index contributed by atoms with van der Waals surface area (Å²) in [4.78, 5) is 13.5. The Morgan fingerprint density at radius 1 is 1.11 bits per heavy atom. The molecule has 7 nitrogen and oxygen atoms in total. The highest BCUT2D eigenvalue weighted by Crippen LogP contribution is 2.46. The van der Waals surface area contributed by atoms with Crippen LogP contribution in [0.1, 0.15) is 43.2 Å². The highest BCUT2D eigenvalue weighted by atomic mass is 19.1. The minimum Gasteiger partial charge on any atom is -0.490 e. The molecular weight excluding hydrogens is 465 g/mol. The smallest absolute Gasteiger partial charge is 0.258 e. The summed E-state index contributed by atoms with van der Waals surface area (Å²) >= 11 is 0. The van der Waals surface area contributed by atoms with Crippen LogP contribution >= 0.6 is 0 Å². The molecule has 1 fully saturated rings. The fourth-order valence-electron chi connectivity index (χ4n) is 5.45. The van der Waals surface area contributed by atoms with Gasteiger partial charge in [0.05, 0.1) is 18.9 Å². The number of pyridine rings is 1. The fourth-order valence-corrected chi connectivity index (χ4v) is 5.45. The topological polar surface area (TPSA) is 68.2 Å². The maximum Gasteiger partial charge on any atom is 0.258 e. The lowest BCUT2D eigenvalue weighted by Gasteiger charge is -2.49. The number of hydrogen-bond donors (Lipinski definition) is 0. The van der Waals surface area contributed by atoms with Gasteiger partial charge in [0.15, 0.2) is 11.6 Å². The van der Waals surface area contributed by atoms with Gasteiger partial charge in [-0.1, -0.05) is 18.2 Å². The fraction of sp³-hybridized carbons (Fsp3) is 0.464. The Morgan fingerprint density at radius 3 is 2.50 bits per heavy atom. The number of hydrogen-bond acceptors (Lipinski definition) is 6. The van der Waals surface area contributed by atoms with Crippen LogP contribution in [-0.2, 0) is 32.4 Å². The van der Waals surface area contributed by atoms with Gasteiger partial charge in [-0.3, -0.25) is 4.79 Å². The van der Waals surface area contributed by atoms with Crippen LogP contribution in [0, 0.1) is 12.7 Å². The number of nitrogens with zero attached hydrogens (tertiary/aromatic N) is 1. The number of rotatable bonds is 4. The lowest BCUT2D eigenvalue weighted by atomic mass is 9.87. The molecule has 8 heteroatoms. The second kappa shape index (κ2) is 8.95. The van der Waals surface area contributed by atoms with Crippen molar-refractivity contribution in [3.05, 3.63) is 63.3 Å². The van der Waals surface area contributed by atoms with Crippen molar-refractivity contribution in [2.45, 2.75) is 51.3 Å². The minimum absolute atomic E-state index is 0.109. The van der Waals surface area contributed by atoms with Gasteiger partial charge in [-0.05, 0) is 62.3 Å². The van der Waals surface area contributed by atoms with E-state index in [9.17, 15) is 4.79 Å². The normalized spacial score (nSPS) is 26.0. The van der Waals surface area contributed by atoms with E-state index in [1.807, 2.05) is 25.1 Å². The predicted octanol–water partition coefficient (Wildman–Crippen LogP) is 4.79. The van der Waals surface area contributed by atoms with Gasteiger partial charge in [0, 0.05) is 37.8 Å². The van der Waals surface area contributed by atoms with Gasteiger partial charge in [0.2, 0.25) is 11.6 Å². The third kappa shape index (κ3) is 3.58. The molecule has 2 aromatic carbocycles. The van der Waals surface area contributed by atoms with Gasteiger partial charge >= 0.3 is 0 Å². The molecule has 0 aliphatic carbocycles. The molecule has 2 aliphatic rings. The number of benzene rings is 2. The summed E-state index contributed by atoms with van der Waals surface area (Å²) in [5, 5.41) is 1.26. The first-order valence-corrected chi connectivity index (χ1v) is 12.1. The molecule has 192 valence electrons. The Hall–Kier alpha value is -2.78. The van der Waals surface area contributed by atoms with Crippen LogP contribution in [0.15, 0.2) is 35.1 Å². The molecule has 3 atom stereocenters. The first kappa shape index (κ1) is 24.9. The largest absolute Gasteiger partial charge is 0.490 e. The summed E-state index contributed by atoms with van der Waals surface area (Å²) in [5.41, 5.74) is 3.61. The molecule has 2 unspecified atom stereocenters. The van der Waals surface area contributed by atoms with E-state index in [2.05, 4.69) is 0 Å². The number of methoxy groups -OCH3 is 2. The summed E-state index contributed by atoms with van der Waals surface area (Å²) in [6.45, 7) is 6.07. The van der Waals surface area contributed by atoms with Crippen LogP contribution < -0.4 is 10.3 Å². The summed E-state index contributed by atoms with van der Waals surface area (Å²) in [7, 11) is 4.75. The van der Waals surface area contributed by atoms with E-state index in [1.54, 1.807) is 31.5 Å². The van der Waals surface area contributed by atoms with Crippen LogP contribution in [-0.4, -0.2) is 43.6 Å². The molecule has 3 aromatic rings. The van der Waals surface area contributed by atoms with Crippen molar-refractivity contribution in [3.8, 4) is 16.9 Å². The Kier molecular flexibility index (Phi) is 6.19. The van der Waals surface area contributed by atoms with E-state index < -0.39 is 23.5 Å². The molecular formula is C28H32FNO6. The number of ether oxygens (including phenoxy) is 5. The molecule has 0 N–H and O–H groups in total. The van der Waals surface area contributed by atoms with Crippen LogP contribution in [0.3, 0.4) is 0 Å². The van der Waals surface area contributed by atoms with Crippen LogP contribution in [0.5, 0.6) is 5.75 Å². The molecule has 1 saturated heterocycles. The maximum absolute atomic E-state index is 15.4. The van der Waals surface area contributed by atoms with E-state index in [0.717, 1.165) is 34.9 Å². The van der Waals surface area contributed by atoms with Crippen molar-refractivity contribution in [3.63, 3.8) is 0 Å². The van der Waals surface area contributed by atoms with Crippen LogP contribution in [0.25, 0.3) is 21.9 Å². The summed E-state index contributed by atoms with van der Waals surface area (Å²) in [5.74, 6) is -2.53. The predicted molar refractivity (Wildman–Crippen MR) is 134 cm³/mol. The molecule has 3 heterocycles. The standard InChI is InChI=1S/C28H32FNO6/c1-16-17-12-9-13-34-25(17)21(29)14-20(16)23-18-10-7-8-11-19(18)26(31)30(4)24(23)22-15-35-27(2,32-5)28(3,33-6)36-22/h7-8,10-11,14,22H,9,12-13,15H2,1-6H3/t22-,27?,28?/m1/s1. The van der Waals surface area contributed by atoms with E-state index in [1.165, 1.54) is 20.3 Å². The van der Waals surface area contributed by atoms with E-state index >= 15 is 4.39 Å². The zero-order valence-electron chi connectivity index (χ0n) is 21.6. The Morgan fingerprint density at radius 2 is 1.81 bits per heavy atom. The summed E-state index contributed by atoms with van der Waals surface area (Å²) in [6, 6.07) is 8.89. The first-order valence-electron chi connectivity index (χ1n) is 12.1. The van der Waals surface area contributed by atoms with Gasteiger partial charge < -0.3 is 28.3 Å². The number of halogens is 1. The average Bonchev–Trinajstić information content (AvgIpc) is 2.90. The first-order chi connectivity index (χ1) is 17.2. The van der Waals surface area contributed by atoms with Gasteiger partial charge in [-0.25, -0.2) is 4.39 Å². The van der Waals surface area contributed by atoms with Crippen molar-refractivity contribution in [1.29, 1.82) is 0 Å². The SMILES string of the molecule is COC1(C)OC[C@H](c2c(-c3cc(F)c4c(c3C)CCCO4)c3ccccc3c(=O)n2C)OC1(C)OC. The molecule has 0 saturated carbocycles. The van der Waals surface area contributed by atoms with Gasteiger partial charge in [-0.2, -0.15) is 0 Å². The monoisotopic (exact) mass is 497 g/mol. The Bertz CT molecular complexity index is 1400. The van der Waals surface area contributed by atoms with Gasteiger partial charge in [-0.15, -0.1) is 0 Å². The van der Waals surface area contributed by atoms with Crippen LogP contribution in [0.2, 0.25) is 0 Å². The van der Waals surface area contributed by atoms with Crippen molar-refractivity contribution >= 4 is 10.8 Å². The third-order valence-corrected chi connectivity index (χ3v) is 7.84. The molecule has 0 bridgehead atoms. The van der Waals surface area contributed by atoms with Gasteiger partial charge in [0.25, 0.3) is 5.56 Å². The lowest BCUT2D eigenvalue weighted by molar-refractivity contribution is -0.433. The van der Waals surface area contributed by atoms with Crippen molar-refractivity contribution < 1.29 is 28.1 Å². The molecule has 2 aliphatic heterocycles. The molecule has 36 heavy (non-hydrogen) atoms. The average molecular weight is 498 g/mol. The summed E-state index contributed by atoms with van der Waals surface area (Å²) in [6.07, 6.45) is 0.853. The van der Waals surface area contributed by atoms with Crippen molar-refractivity contribution in [2.75, 3.05) is 27.4 Å². The maximum atomic E-state index is 15.4. The Balaban J connectivity index is 1.81. The number of fused-ring (bicyclic) bond motifs is 2. The second-order valence-electron chi connectivity index (χ2n) is 9.68. The zero-order chi connectivity index (χ0) is 25.8. The van der Waals surface area contributed by atoms with Gasteiger partial charge in [0.1, 0.15) is 6.10 Å². The zero-order valence-corrected chi connectivity index (χ0v) is 21.6. The quantitative estimate of drug-likeness (QED) is 0.516. The molecule has 5 rings (SSSR count). The van der Waals surface area contributed by atoms with Crippen molar-refractivity contribution in [1.82, 2.24) is 4.57 Å². The van der Waals surface area contributed by atoms with E-state index in [4.69, 9.17) is 23.7 Å². The van der Waals surface area contributed by atoms with E-state index in [0.29, 0.717) is 29.0 Å². The second-order valence-corrected chi connectivity index (χ2v) is 9.68. The molecule has 0 amide bonds. The lowest BCUT2D eigenvalue weighted by Crippen LogP contribution is -2.60. The minimum atomic E-state index is -1.27. The molecule has 1 aromatic heterocycles.